The highest BCUT2D eigenvalue weighted by Crippen LogP contribution is 2.31. The molecule has 11 heteroatoms. The van der Waals surface area contributed by atoms with Gasteiger partial charge in [-0.05, 0) is 12.1 Å². The lowest BCUT2D eigenvalue weighted by molar-refractivity contribution is -0.385. The number of hydrogen-bond donors (Lipinski definition) is 0. The topological polar surface area (TPSA) is 99.4 Å². The number of aromatic nitrogens is 1. The number of nitrogens with zero attached hydrogens (tertiary/aromatic N) is 2. The van der Waals surface area contributed by atoms with Gasteiger partial charge in [0.25, 0.3) is 0 Å². The average molecular weight is 367 g/mol. The predicted molar refractivity (Wildman–Crippen MR) is 75.1 cm³/mol. The smallest absolute Gasteiger partial charge is 0.341 e. The molecule has 0 unspecified atom stereocenters. The number of halogens is 3. The van der Waals surface area contributed by atoms with Gasteiger partial charge in [-0.3, -0.25) is 10.1 Å². The molecule has 0 fully saturated rings. The van der Waals surface area contributed by atoms with Gasteiger partial charge in [0.1, 0.15) is 15.9 Å². The van der Waals surface area contributed by atoms with Crippen LogP contribution in [-0.2, 0) is 10.1 Å². The van der Waals surface area contributed by atoms with E-state index < -0.39 is 37.2 Å². The van der Waals surface area contributed by atoms with Crippen LogP contribution in [0.1, 0.15) is 0 Å². The molecule has 1 aromatic carbocycles. The van der Waals surface area contributed by atoms with Crippen molar-refractivity contribution in [3.8, 4) is 5.75 Å². The van der Waals surface area contributed by atoms with Crippen LogP contribution in [0.3, 0.4) is 0 Å². The van der Waals surface area contributed by atoms with Gasteiger partial charge >= 0.3 is 15.8 Å². The first-order chi connectivity index (χ1) is 10.2. The second-order valence-corrected chi connectivity index (χ2v) is 6.16. The summed E-state index contributed by atoms with van der Waals surface area (Å²) in [5, 5.41) is 10.5. The van der Waals surface area contributed by atoms with Gasteiger partial charge in [-0.25, -0.2) is 9.37 Å². The molecule has 2 rings (SSSR count). The van der Waals surface area contributed by atoms with Crippen LogP contribution in [0, 0.1) is 15.9 Å². The van der Waals surface area contributed by atoms with Gasteiger partial charge in [-0.1, -0.05) is 23.2 Å². The Labute approximate surface area is 133 Å². The summed E-state index contributed by atoms with van der Waals surface area (Å²) in [6, 6.07) is 3.13. The number of pyridine rings is 1. The van der Waals surface area contributed by atoms with Crippen molar-refractivity contribution in [1.29, 1.82) is 0 Å². The predicted octanol–water partition coefficient (Wildman–Crippen LogP) is 3.20. The molecule has 22 heavy (non-hydrogen) atoms. The third-order valence-electron chi connectivity index (χ3n) is 2.38. The number of nitro benzene ring substituents is 1. The lowest BCUT2D eigenvalue weighted by Gasteiger charge is -2.07. The van der Waals surface area contributed by atoms with Crippen LogP contribution < -0.4 is 4.18 Å². The van der Waals surface area contributed by atoms with E-state index in [9.17, 15) is 22.9 Å². The highest BCUT2D eigenvalue weighted by Gasteiger charge is 2.25. The first-order valence-electron chi connectivity index (χ1n) is 5.40. The zero-order chi connectivity index (χ0) is 16.5. The largest absolute Gasteiger partial charge is 0.371 e. The minimum Gasteiger partial charge on any atom is -0.371 e. The van der Waals surface area contributed by atoms with Crippen molar-refractivity contribution in [2.24, 2.45) is 0 Å². The molecule has 0 aliphatic rings. The number of benzene rings is 1. The SMILES string of the molecule is O=[N+]([O-])c1ccc(F)cc1OS(=O)(=O)c1cnc(Cl)c(Cl)c1. The maximum atomic E-state index is 13.2. The van der Waals surface area contributed by atoms with Crippen molar-refractivity contribution < 1.29 is 21.9 Å². The van der Waals surface area contributed by atoms with Crippen LogP contribution >= 0.6 is 23.2 Å². The van der Waals surface area contributed by atoms with E-state index in [2.05, 4.69) is 9.17 Å². The molecule has 0 N–H and O–H groups in total. The van der Waals surface area contributed by atoms with Gasteiger partial charge in [-0.2, -0.15) is 8.42 Å². The normalized spacial score (nSPS) is 11.2. The van der Waals surface area contributed by atoms with E-state index in [1.807, 2.05) is 0 Å². The van der Waals surface area contributed by atoms with Gasteiger partial charge in [0.2, 0.25) is 5.75 Å². The van der Waals surface area contributed by atoms with Crippen LogP contribution in [0.2, 0.25) is 10.2 Å². The van der Waals surface area contributed by atoms with Gasteiger partial charge in [0.05, 0.1) is 16.1 Å². The fraction of sp³-hybridized carbons (Fsp3) is 0. The van der Waals surface area contributed by atoms with E-state index >= 15 is 0 Å². The average Bonchev–Trinajstić information content (AvgIpc) is 2.41. The third kappa shape index (κ3) is 3.43. The summed E-state index contributed by atoms with van der Waals surface area (Å²) in [5.74, 6) is -1.67. The Morgan fingerprint density at radius 1 is 1.27 bits per heavy atom. The van der Waals surface area contributed by atoms with Gasteiger partial charge in [0, 0.05) is 12.1 Å². The third-order valence-corrected chi connectivity index (χ3v) is 4.26. The number of rotatable bonds is 4. The summed E-state index contributed by atoms with van der Waals surface area (Å²) in [5.41, 5.74) is -0.710. The van der Waals surface area contributed by atoms with Crippen molar-refractivity contribution in [2.45, 2.75) is 4.90 Å². The summed E-state index contributed by atoms with van der Waals surface area (Å²) in [6.07, 6.45) is 0.856. The molecule has 116 valence electrons. The van der Waals surface area contributed by atoms with Crippen LogP contribution in [0.4, 0.5) is 10.1 Å². The molecular formula is C11H5Cl2FN2O5S. The maximum Gasteiger partial charge on any atom is 0.341 e. The Bertz CT molecular complexity index is 860. The van der Waals surface area contributed by atoms with Crippen LogP contribution in [0.5, 0.6) is 5.75 Å². The molecule has 7 nitrogen and oxygen atoms in total. The van der Waals surface area contributed by atoms with Gasteiger partial charge in [0.15, 0.2) is 0 Å². The Morgan fingerprint density at radius 2 is 1.95 bits per heavy atom. The molecule has 0 spiro atoms. The second kappa shape index (κ2) is 6.03. The van der Waals surface area contributed by atoms with Crippen molar-refractivity contribution in [2.75, 3.05) is 0 Å². The summed E-state index contributed by atoms with van der Waals surface area (Å²) < 4.78 is 41.8. The minimum atomic E-state index is -4.50. The molecular weight excluding hydrogens is 362 g/mol. The Hall–Kier alpha value is -1.97. The first-order valence-corrected chi connectivity index (χ1v) is 7.56. The highest BCUT2D eigenvalue weighted by atomic mass is 35.5. The van der Waals surface area contributed by atoms with Gasteiger partial charge in [-0.15, -0.1) is 0 Å². The fourth-order valence-corrected chi connectivity index (χ4v) is 2.66. The summed E-state index contributed by atoms with van der Waals surface area (Å²) >= 11 is 11.2. The van der Waals surface area contributed by atoms with E-state index in [0.717, 1.165) is 24.4 Å². The molecule has 0 bridgehead atoms. The van der Waals surface area contributed by atoms with Crippen LogP contribution in [0.25, 0.3) is 0 Å². The minimum absolute atomic E-state index is 0.127. The van der Waals surface area contributed by atoms with E-state index in [4.69, 9.17) is 23.2 Å². The molecule has 0 aliphatic heterocycles. The molecule has 0 saturated carbocycles. The monoisotopic (exact) mass is 366 g/mol. The Morgan fingerprint density at radius 3 is 2.55 bits per heavy atom. The molecule has 2 aromatic rings. The van der Waals surface area contributed by atoms with Crippen molar-refractivity contribution >= 4 is 39.0 Å². The molecule has 0 aliphatic carbocycles. The standard InChI is InChI=1S/C11H5Cl2FN2O5S/c12-8-4-7(5-15-11(8)13)22(19,20)21-10-3-6(14)1-2-9(10)16(17)18/h1-5H. The lowest BCUT2D eigenvalue weighted by atomic mass is 10.3. The summed E-state index contributed by atoms with van der Waals surface area (Å²) in [4.78, 5) is 12.9. The van der Waals surface area contributed by atoms with Crippen LogP contribution in [-0.4, -0.2) is 18.3 Å². The molecule has 1 aromatic heterocycles. The zero-order valence-electron chi connectivity index (χ0n) is 10.4. The molecule has 1 heterocycles. The number of nitro groups is 1. The summed E-state index contributed by atoms with van der Waals surface area (Å²) in [7, 11) is -4.50. The van der Waals surface area contributed by atoms with Crippen molar-refractivity contribution in [1.82, 2.24) is 4.98 Å². The number of hydrogen-bond acceptors (Lipinski definition) is 6. The van der Waals surface area contributed by atoms with E-state index in [0.29, 0.717) is 6.07 Å². The van der Waals surface area contributed by atoms with Crippen molar-refractivity contribution in [3.05, 3.63) is 56.6 Å². The quantitative estimate of drug-likeness (QED) is 0.356. The van der Waals surface area contributed by atoms with E-state index in [1.165, 1.54) is 0 Å². The van der Waals surface area contributed by atoms with E-state index in [1.54, 1.807) is 0 Å². The summed E-state index contributed by atoms with van der Waals surface area (Å²) in [6.45, 7) is 0. The molecule has 0 amide bonds. The second-order valence-electron chi connectivity index (χ2n) is 3.85. The highest BCUT2D eigenvalue weighted by molar-refractivity contribution is 7.87. The molecule has 0 radical (unpaired) electrons. The lowest BCUT2D eigenvalue weighted by Crippen LogP contribution is -2.11. The van der Waals surface area contributed by atoms with Gasteiger partial charge < -0.3 is 4.18 Å². The maximum absolute atomic E-state index is 13.2. The van der Waals surface area contributed by atoms with Crippen molar-refractivity contribution in [3.63, 3.8) is 0 Å². The van der Waals surface area contributed by atoms with Crippen LogP contribution in [0.15, 0.2) is 35.4 Å². The molecule has 0 saturated heterocycles. The fourth-order valence-electron chi connectivity index (χ4n) is 1.41. The molecule has 0 atom stereocenters. The van der Waals surface area contributed by atoms with E-state index in [-0.39, 0.29) is 10.2 Å². The Balaban J connectivity index is 2.47. The first kappa shape index (κ1) is 16.4. The Kier molecular flexibility index (Phi) is 4.50. The zero-order valence-corrected chi connectivity index (χ0v) is 12.7.